The number of nitrogens with zero attached hydrogens (tertiary/aromatic N) is 2. The van der Waals surface area contributed by atoms with Gasteiger partial charge in [-0.3, -0.25) is 0 Å². The zero-order valence-corrected chi connectivity index (χ0v) is 11.2. The maximum absolute atomic E-state index is 11.9. The maximum atomic E-state index is 11.9. The Hall–Kier alpha value is -1.21. The molecule has 0 unspecified atom stereocenters. The molecule has 1 heterocycles. The molecule has 18 heavy (non-hydrogen) atoms. The quantitative estimate of drug-likeness (QED) is 0.809. The van der Waals surface area contributed by atoms with Gasteiger partial charge in [0.25, 0.3) is 0 Å². The SMILES string of the molecule is CCCNc1ncc(S(=O)(=O)NC2CCC2)cn1. The van der Waals surface area contributed by atoms with Crippen LogP contribution in [-0.4, -0.2) is 31.0 Å². The van der Waals surface area contributed by atoms with Gasteiger partial charge in [0.2, 0.25) is 16.0 Å². The van der Waals surface area contributed by atoms with Crippen LogP contribution in [0.2, 0.25) is 0 Å². The molecular weight excluding hydrogens is 252 g/mol. The molecule has 0 radical (unpaired) electrons. The second-order valence-electron chi connectivity index (χ2n) is 4.42. The third-order valence-electron chi connectivity index (χ3n) is 2.90. The summed E-state index contributed by atoms with van der Waals surface area (Å²) in [5, 5.41) is 3.00. The van der Waals surface area contributed by atoms with Crippen molar-refractivity contribution in [1.82, 2.24) is 14.7 Å². The predicted octanol–water partition coefficient (Wildman–Crippen LogP) is 1.13. The first-order valence-electron chi connectivity index (χ1n) is 6.20. The topological polar surface area (TPSA) is 84.0 Å². The van der Waals surface area contributed by atoms with Crippen molar-refractivity contribution in [2.24, 2.45) is 0 Å². The molecule has 2 rings (SSSR count). The van der Waals surface area contributed by atoms with Gasteiger partial charge >= 0.3 is 0 Å². The Kier molecular flexibility index (Phi) is 4.13. The van der Waals surface area contributed by atoms with E-state index in [1.165, 1.54) is 12.4 Å². The van der Waals surface area contributed by atoms with Crippen molar-refractivity contribution < 1.29 is 8.42 Å². The normalized spacial score (nSPS) is 16.3. The minimum Gasteiger partial charge on any atom is -0.354 e. The summed E-state index contributed by atoms with van der Waals surface area (Å²) >= 11 is 0. The van der Waals surface area contributed by atoms with Crippen LogP contribution in [0.5, 0.6) is 0 Å². The first-order valence-corrected chi connectivity index (χ1v) is 7.68. The van der Waals surface area contributed by atoms with Gasteiger partial charge in [-0.15, -0.1) is 0 Å². The largest absolute Gasteiger partial charge is 0.354 e. The molecule has 1 aliphatic rings. The fraction of sp³-hybridized carbons (Fsp3) is 0.636. The van der Waals surface area contributed by atoms with Crippen molar-refractivity contribution >= 4 is 16.0 Å². The third-order valence-corrected chi connectivity index (χ3v) is 4.37. The average Bonchev–Trinajstić information content (AvgIpc) is 2.32. The van der Waals surface area contributed by atoms with E-state index in [1.54, 1.807) is 0 Å². The summed E-state index contributed by atoms with van der Waals surface area (Å²) in [5.41, 5.74) is 0. The van der Waals surface area contributed by atoms with E-state index in [-0.39, 0.29) is 10.9 Å². The number of aromatic nitrogens is 2. The van der Waals surface area contributed by atoms with Gasteiger partial charge in [-0.2, -0.15) is 0 Å². The number of nitrogens with one attached hydrogen (secondary N) is 2. The van der Waals surface area contributed by atoms with E-state index in [9.17, 15) is 8.42 Å². The van der Waals surface area contributed by atoms with Gasteiger partial charge < -0.3 is 5.32 Å². The van der Waals surface area contributed by atoms with E-state index in [0.29, 0.717) is 5.95 Å². The molecule has 2 N–H and O–H groups in total. The summed E-state index contributed by atoms with van der Waals surface area (Å²) in [6.45, 7) is 2.81. The van der Waals surface area contributed by atoms with E-state index < -0.39 is 10.0 Å². The fourth-order valence-corrected chi connectivity index (χ4v) is 2.79. The Bertz CT molecular complexity index is 482. The first-order chi connectivity index (χ1) is 8.62. The molecule has 6 nitrogen and oxygen atoms in total. The van der Waals surface area contributed by atoms with E-state index >= 15 is 0 Å². The van der Waals surface area contributed by atoms with Gasteiger partial charge in [0.15, 0.2) is 0 Å². The Labute approximate surface area is 107 Å². The molecule has 0 aliphatic heterocycles. The molecule has 0 saturated heterocycles. The lowest BCUT2D eigenvalue weighted by Gasteiger charge is -2.25. The zero-order valence-electron chi connectivity index (χ0n) is 10.4. The third kappa shape index (κ3) is 3.17. The highest BCUT2D eigenvalue weighted by Crippen LogP contribution is 2.20. The van der Waals surface area contributed by atoms with Crippen LogP contribution in [0.1, 0.15) is 32.6 Å². The van der Waals surface area contributed by atoms with E-state index in [4.69, 9.17) is 0 Å². The second kappa shape index (κ2) is 5.62. The van der Waals surface area contributed by atoms with Gasteiger partial charge in [-0.1, -0.05) is 13.3 Å². The molecule has 1 aromatic rings. The number of hydrogen-bond donors (Lipinski definition) is 2. The summed E-state index contributed by atoms with van der Waals surface area (Å²) in [7, 11) is -3.46. The summed E-state index contributed by atoms with van der Waals surface area (Å²) in [6, 6.07) is 0.0768. The molecule has 7 heteroatoms. The molecule has 1 aliphatic carbocycles. The molecular formula is C11H18N4O2S. The monoisotopic (exact) mass is 270 g/mol. The van der Waals surface area contributed by atoms with Gasteiger partial charge in [0.1, 0.15) is 4.90 Å². The van der Waals surface area contributed by atoms with E-state index in [2.05, 4.69) is 20.0 Å². The van der Waals surface area contributed by atoms with Crippen LogP contribution >= 0.6 is 0 Å². The summed E-state index contributed by atoms with van der Waals surface area (Å²) in [6.07, 6.45) is 6.56. The average molecular weight is 270 g/mol. The molecule has 1 fully saturated rings. The molecule has 0 spiro atoms. The number of sulfonamides is 1. The number of rotatable bonds is 6. The smallest absolute Gasteiger partial charge is 0.243 e. The van der Waals surface area contributed by atoms with Gasteiger partial charge in [-0.25, -0.2) is 23.1 Å². The van der Waals surface area contributed by atoms with Crippen molar-refractivity contribution in [2.75, 3.05) is 11.9 Å². The van der Waals surface area contributed by atoms with Crippen LogP contribution in [0.3, 0.4) is 0 Å². The van der Waals surface area contributed by atoms with Crippen LogP contribution in [0.15, 0.2) is 17.3 Å². The van der Waals surface area contributed by atoms with Gasteiger partial charge in [0.05, 0.1) is 12.4 Å². The molecule has 0 aromatic carbocycles. The Morgan fingerprint density at radius 3 is 2.50 bits per heavy atom. The zero-order chi connectivity index (χ0) is 13.0. The lowest BCUT2D eigenvalue weighted by atomic mass is 9.94. The Morgan fingerprint density at radius 2 is 2.00 bits per heavy atom. The van der Waals surface area contributed by atoms with Gasteiger partial charge in [0, 0.05) is 12.6 Å². The molecule has 0 bridgehead atoms. The van der Waals surface area contributed by atoms with Crippen LogP contribution in [0, 0.1) is 0 Å². The molecule has 0 amide bonds. The highest BCUT2D eigenvalue weighted by Gasteiger charge is 2.25. The maximum Gasteiger partial charge on any atom is 0.243 e. The van der Waals surface area contributed by atoms with Crippen molar-refractivity contribution in [3.05, 3.63) is 12.4 Å². The summed E-state index contributed by atoms with van der Waals surface area (Å²) in [5.74, 6) is 0.458. The Morgan fingerprint density at radius 1 is 1.33 bits per heavy atom. The summed E-state index contributed by atoms with van der Waals surface area (Å²) in [4.78, 5) is 8.11. The van der Waals surface area contributed by atoms with E-state index in [1.807, 2.05) is 6.92 Å². The fourth-order valence-electron chi connectivity index (χ4n) is 1.60. The molecule has 1 aromatic heterocycles. The number of anilines is 1. The van der Waals surface area contributed by atoms with Gasteiger partial charge in [-0.05, 0) is 19.3 Å². The highest BCUT2D eigenvalue weighted by molar-refractivity contribution is 7.89. The standard InChI is InChI=1S/C11H18N4O2S/c1-2-6-12-11-13-7-10(8-14-11)18(16,17)15-9-4-3-5-9/h7-9,15H,2-6H2,1H3,(H,12,13,14). The second-order valence-corrected chi connectivity index (χ2v) is 6.13. The molecule has 1 saturated carbocycles. The Balaban J connectivity index is 2.03. The highest BCUT2D eigenvalue weighted by atomic mass is 32.2. The minimum atomic E-state index is -3.46. The van der Waals surface area contributed by atoms with Crippen LogP contribution in [0.25, 0.3) is 0 Å². The summed E-state index contributed by atoms with van der Waals surface area (Å²) < 4.78 is 26.5. The van der Waals surface area contributed by atoms with E-state index in [0.717, 1.165) is 32.2 Å². The minimum absolute atomic E-state index is 0.0768. The first kappa shape index (κ1) is 13.2. The van der Waals surface area contributed by atoms with Crippen molar-refractivity contribution in [3.63, 3.8) is 0 Å². The number of hydrogen-bond acceptors (Lipinski definition) is 5. The van der Waals surface area contributed by atoms with Crippen molar-refractivity contribution in [3.8, 4) is 0 Å². The van der Waals surface area contributed by atoms with Crippen molar-refractivity contribution in [2.45, 2.75) is 43.5 Å². The molecule has 100 valence electrons. The van der Waals surface area contributed by atoms with Crippen LogP contribution < -0.4 is 10.0 Å². The van der Waals surface area contributed by atoms with Crippen molar-refractivity contribution in [1.29, 1.82) is 0 Å². The van der Waals surface area contributed by atoms with Crippen LogP contribution in [-0.2, 0) is 10.0 Å². The van der Waals surface area contributed by atoms with Crippen LogP contribution in [0.4, 0.5) is 5.95 Å². The molecule has 0 atom stereocenters. The lowest BCUT2D eigenvalue weighted by molar-refractivity contribution is 0.383. The predicted molar refractivity (Wildman–Crippen MR) is 68.8 cm³/mol. The lowest BCUT2D eigenvalue weighted by Crippen LogP contribution is -2.39.